The molecule has 0 fully saturated rings. The molecule has 3 aromatic rings. The van der Waals surface area contributed by atoms with Crippen LogP contribution in [0.3, 0.4) is 0 Å². The molecule has 20 heavy (non-hydrogen) atoms. The second-order valence-corrected chi connectivity index (χ2v) is 5.06. The average molecular weight is 287 g/mol. The molecular formula is C16H15ClN2O. The Morgan fingerprint density at radius 1 is 1.10 bits per heavy atom. The molecule has 1 heterocycles. The van der Waals surface area contributed by atoms with Crippen molar-refractivity contribution >= 4 is 22.5 Å². The minimum absolute atomic E-state index is 0.471. The maximum Gasteiger partial charge on any atom is 0.128 e. The van der Waals surface area contributed by atoms with Crippen molar-refractivity contribution in [1.82, 2.24) is 4.98 Å². The van der Waals surface area contributed by atoms with Gasteiger partial charge in [-0.15, -0.1) is 0 Å². The van der Waals surface area contributed by atoms with Crippen molar-refractivity contribution in [2.75, 3.05) is 0 Å². The standard InChI is InChI=1S/C16H15ClN2O/c17-12-4-2-5-14(7-12)20-10-13-8-15-11(9-18)3-1-6-16(15)19-13/h1-8,19H,9-10,18H2. The number of rotatable bonds is 4. The van der Waals surface area contributed by atoms with E-state index >= 15 is 0 Å². The third-order valence-corrected chi connectivity index (χ3v) is 3.46. The molecule has 0 aliphatic heterocycles. The predicted molar refractivity (Wildman–Crippen MR) is 82.0 cm³/mol. The summed E-state index contributed by atoms with van der Waals surface area (Å²) >= 11 is 5.93. The first-order valence-electron chi connectivity index (χ1n) is 6.44. The van der Waals surface area contributed by atoms with E-state index in [1.807, 2.05) is 36.4 Å². The van der Waals surface area contributed by atoms with Crippen LogP contribution in [0.2, 0.25) is 5.02 Å². The Morgan fingerprint density at radius 3 is 2.75 bits per heavy atom. The van der Waals surface area contributed by atoms with E-state index in [9.17, 15) is 0 Å². The van der Waals surface area contributed by atoms with Gasteiger partial charge in [0.25, 0.3) is 0 Å². The molecule has 0 radical (unpaired) electrons. The lowest BCUT2D eigenvalue weighted by Crippen LogP contribution is -1.95. The van der Waals surface area contributed by atoms with Crippen LogP contribution in [0.15, 0.2) is 48.5 Å². The first-order valence-corrected chi connectivity index (χ1v) is 6.82. The SMILES string of the molecule is NCc1cccc2[nH]c(COc3cccc(Cl)c3)cc12. The molecule has 0 amide bonds. The smallest absolute Gasteiger partial charge is 0.128 e. The summed E-state index contributed by atoms with van der Waals surface area (Å²) in [4.78, 5) is 3.34. The summed E-state index contributed by atoms with van der Waals surface area (Å²) in [6, 6.07) is 15.6. The van der Waals surface area contributed by atoms with Crippen molar-refractivity contribution in [2.24, 2.45) is 5.73 Å². The number of nitrogens with one attached hydrogen (secondary N) is 1. The van der Waals surface area contributed by atoms with Crippen LogP contribution in [0.5, 0.6) is 5.75 Å². The van der Waals surface area contributed by atoms with Gasteiger partial charge in [0, 0.05) is 22.5 Å². The maximum absolute atomic E-state index is 5.93. The van der Waals surface area contributed by atoms with Crippen molar-refractivity contribution < 1.29 is 4.74 Å². The van der Waals surface area contributed by atoms with Crippen molar-refractivity contribution in [1.29, 1.82) is 0 Å². The average Bonchev–Trinajstić information content (AvgIpc) is 2.88. The summed E-state index contributed by atoms with van der Waals surface area (Å²) in [7, 11) is 0. The summed E-state index contributed by atoms with van der Waals surface area (Å²) < 4.78 is 5.73. The van der Waals surface area contributed by atoms with Gasteiger partial charge in [0.1, 0.15) is 12.4 Å². The Balaban J connectivity index is 1.81. The Hall–Kier alpha value is -1.97. The lowest BCUT2D eigenvalue weighted by molar-refractivity contribution is 0.302. The van der Waals surface area contributed by atoms with Crippen LogP contribution in [0, 0.1) is 0 Å². The molecule has 0 saturated heterocycles. The monoisotopic (exact) mass is 286 g/mol. The fraction of sp³-hybridized carbons (Fsp3) is 0.125. The van der Waals surface area contributed by atoms with E-state index in [1.165, 1.54) is 0 Å². The lowest BCUT2D eigenvalue weighted by Gasteiger charge is -2.04. The Bertz CT molecular complexity index is 736. The largest absolute Gasteiger partial charge is 0.487 e. The highest BCUT2D eigenvalue weighted by atomic mass is 35.5. The van der Waals surface area contributed by atoms with E-state index in [1.54, 1.807) is 6.07 Å². The van der Waals surface area contributed by atoms with Crippen molar-refractivity contribution in [2.45, 2.75) is 13.2 Å². The summed E-state index contributed by atoms with van der Waals surface area (Å²) in [6.45, 7) is 1.00. The zero-order valence-electron chi connectivity index (χ0n) is 10.9. The first-order chi connectivity index (χ1) is 9.76. The van der Waals surface area contributed by atoms with Crippen molar-refractivity contribution in [3.05, 3.63) is 64.8 Å². The van der Waals surface area contributed by atoms with Crippen LogP contribution in [-0.2, 0) is 13.2 Å². The van der Waals surface area contributed by atoms with Gasteiger partial charge in [0.05, 0.1) is 5.69 Å². The number of hydrogen-bond acceptors (Lipinski definition) is 2. The third-order valence-electron chi connectivity index (χ3n) is 3.22. The molecule has 4 heteroatoms. The number of fused-ring (bicyclic) bond motifs is 1. The number of benzene rings is 2. The minimum atomic E-state index is 0.471. The minimum Gasteiger partial charge on any atom is -0.487 e. The predicted octanol–water partition coefficient (Wildman–Crippen LogP) is 3.86. The molecule has 3 rings (SSSR count). The molecule has 0 saturated carbocycles. The van der Waals surface area contributed by atoms with Gasteiger partial charge < -0.3 is 15.5 Å². The van der Waals surface area contributed by atoms with Gasteiger partial charge >= 0.3 is 0 Å². The number of aromatic nitrogens is 1. The summed E-state index contributed by atoms with van der Waals surface area (Å²) in [6.07, 6.45) is 0. The van der Waals surface area contributed by atoms with E-state index in [-0.39, 0.29) is 0 Å². The number of ether oxygens (including phenoxy) is 1. The Kier molecular flexibility index (Phi) is 3.63. The number of halogens is 1. The Morgan fingerprint density at radius 2 is 1.95 bits per heavy atom. The summed E-state index contributed by atoms with van der Waals surface area (Å²) in [5, 5.41) is 1.82. The molecule has 2 aromatic carbocycles. The fourth-order valence-electron chi connectivity index (χ4n) is 2.25. The molecule has 0 aliphatic carbocycles. The van der Waals surface area contributed by atoms with Crippen LogP contribution < -0.4 is 10.5 Å². The molecule has 0 aliphatic rings. The quantitative estimate of drug-likeness (QED) is 0.765. The topological polar surface area (TPSA) is 51.0 Å². The van der Waals surface area contributed by atoms with Gasteiger partial charge in [-0.2, -0.15) is 0 Å². The number of hydrogen-bond donors (Lipinski definition) is 2. The van der Waals surface area contributed by atoms with E-state index in [4.69, 9.17) is 22.1 Å². The Labute approximate surface area is 122 Å². The molecule has 0 bridgehead atoms. The van der Waals surface area contributed by atoms with E-state index < -0.39 is 0 Å². The lowest BCUT2D eigenvalue weighted by atomic mass is 10.1. The first kappa shape index (κ1) is 13.0. The van der Waals surface area contributed by atoms with Crippen LogP contribution in [0.1, 0.15) is 11.3 Å². The highest BCUT2D eigenvalue weighted by molar-refractivity contribution is 6.30. The van der Waals surface area contributed by atoms with Crippen LogP contribution in [-0.4, -0.2) is 4.98 Å². The number of aromatic amines is 1. The summed E-state index contributed by atoms with van der Waals surface area (Å²) in [5.74, 6) is 0.759. The van der Waals surface area contributed by atoms with Crippen LogP contribution in [0.4, 0.5) is 0 Å². The molecule has 0 spiro atoms. The van der Waals surface area contributed by atoms with E-state index in [0.29, 0.717) is 18.2 Å². The molecule has 0 unspecified atom stereocenters. The van der Waals surface area contributed by atoms with Gasteiger partial charge in [0.15, 0.2) is 0 Å². The van der Waals surface area contributed by atoms with Crippen LogP contribution >= 0.6 is 11.6 Å². The van der Waals surface area contributed by atoms with E-state index in [2.05, 4.69) is 11.1 Å². The third kappa shape index (κ3) is 2.64. The summed E-state index contributed by atoms with van der Waals surface area (Å²) in [5.41, 5.74) is 8.98. The van der Waals surface area contributed by atoms with Gasteiger partial charge in [-0.25, -0.2) is 0 Å². The normalized spacial score (nSPS) is 10.9. The molecule has 1 aromatic heterocycles. The second kappa shape index (κ2) is 5.57. The molecule has 3 N–H and O–H groups in total. The highest BCUT2D eigenvalue weighted by Gasteiger charge is 2.05. The maximum atomic E-state index is 5.93. The number of nitrogens with two attached hydrogens (primary N) is 1. The van der Waals surface area contributed by atoms with Crippen molar-refractivity contribution in [3.63, 3.8) is 0 Å². The van der Waals surface area contributed by atoms with E-state index in [0.717, 1.165) is 27.9 Å². The molecule has 3 nitrogen and oxygen atoms in total. The molecule has 102 valence electrons. The zero-order chi connectivity index (χ0) is 13.9. The fourth-order valence-corrected chi connectivity index (χ4v) is 2.43. The van der Waals surface area contributed by atoms with Gasteiger partial charge in [-0.3, -0.25) is 0 Å². The zero-order valence-corrected chi connectivity index (χ0v) is 11.7. The van der Waals surface area contributed by atoms with Gasteiger partial charge in [0.2, 0.25) is 0 Å². The second-order valence-electron chi connectivity index (χ2n) is 4.62. The van der Waals surface area contributed by atoms with Crippen LogP contribution in [0.25, 0.3) is 10.9 Å². The molecular weight excluding hydrogens is 272 g/mol. The molecule has 0 atom stereocenters. The number of H-pyrrole nitrogens is 1. The van der Waals surface area contributed by atoms with Gasteiger partial charge in [-0.1, -0.05) is 29.8 Å². The highest BCUT2D eigenvalue weighted by Crippen LogP contribution is 2.22. The van der Waals surface area contributed by atoms with Crippen molar-refractivity contribution in [3.8, 4) is 5.75 Å². The van der Waals surface area contributed by atoms with Gasteiger partial charge in [-0.05, 0) is 35.9 Å².